The summed E-state index contributed by atoms with van der Waals surface area (Å²) in [5.41, 5.74) is 2.18. The molecule has 0 N–H and O–H groups in total. The number of benzene rings is 1. The van der Waals surface area contributed by atoms with Crippen LogP contribution in [0.15, 0.2) is 54.8 Å². The van der Waals surface area contributed by atoms with Gasteiger partial charge < -0.3 is 4.90 Å². The predicted octanol–water partition coefficient (Wildman–Crippen LogP) is 3.60. The van der Waals surface area contributed by atoms with Gasteiger partial charge in [0.15, 0.2) is 0 Å². The van der Waals surface area contributed by atoms with Crippen LogP contribution >= 0.6 is 0 Å². The van der Waals surface area contributed by atoms with Gasteiger partial charge in [-0.2, -0.15) is 0 Å². The molecule has 0 heterocycles. The number of hydrogen-bond acceptors (Lipinski definition) is 1. The standard InChI is InChI=1S/C13H17N/c1-4-5-9-12(2)14(3)13-10-7-6-8-11-13/h5-11H,2,4H2,1,3H3/b9-5-. The number of allylic oxidation sites excluding steroid dienone is 2. The molecule has 1 rings (SSSR count). The van der Waals surface area contributed by atoms with Gasteiger partial charge in [0.1, 0.15) is 0 Å². The van der Waals surface area contributed by atoms with Crippen LogP contribution in [0, 0.1) is 0 Å². The molecule has 1 aromatic rings. The first kappa shape index (κ1) is 10.6. The molecule has 0 atom stereocenters. The molecular weight excluding hydrogens is 170 g/mol. The number of para-hydroxylation sites is 1. The van der Waals surface area contributed by atoms with Crippen molar-refractivity contribution in [2.45, 2.75) is 13.3 Å². The van der Waals surface area contributed by atoms with Gasteiger partial charge in [-0.1, -0.05) is 37.8 Å². The molecule has 1 heteroatoms. The van der Waals surface area contributed by atoms with E-state index in [0.717, 1.165) is 12.1 Å². The van der Waals surface area contributed by atoms with E-state index >= 15 is 0 Å². The Hall–Kier alpha value is -1.50. The third kappa shape index (κ3) is 2.77. The van der Waals surface area contributed by atoms with Crippen LogP contribution in [0.2, 0.25) is 0 Å². The Bertz CT molecular complexity index is 311. The minimum Gasteiger partial charge on any atom is -0.345 e. The minimum absolute atomic E-state index is 1.01. The highest BCUT2D eigenvalue weighted by molar-refractivity contribution is 5.52. The average molecular weight is 187 g/mol. The van der Waals surface area contributed by atoms with Crippen LogP contribution in [0.4, 0.5) is 5.69 Å². The van der Waals surface area contributed by atoms with Crippen LogP contribution < -0.4 is 4.90 Å². The molecule has 0 aliphatic rings. The summed E-state index contributed by atoms with van der Waals surface area (Å²) in [6.07, 6.45) is 5.20. The van der Waals surface area contributed by atoms with Crippen molar-refractivity contribution >= 4 is 5.69 Å². The first-order valence-electron chi connectivity index (χ1n) is 4.90. The molecule has 0 aliphatic heterocycles. The Morgan fingerprint density at radius 1 is 1.36 bits per heavy atom. The van der Waals surface area contributed by atoms with Crippen molar-refractivity contribution in [2.24, 2.45) is 0 Å². The molecule has 14 heavy (non-hydrogen) atoms. The fourth-order valence-corrected chi connectivity index (χ4v) is 1.18. The first-order chi connectivity index (χ1) is 6.75. The summed E-state index contributed by atoms with van der Waals surface area (Å²) in [4.78, 5) is 2.08. The second kappa shape index (κ2) is 5.28. The maximum atomic E-state index is 4.01. The van der Waals surface area contributed by atoms with E-state index in [1.807, 2.05) is 31.3 Å². The Balaban J connectivity index is 2.71. The summed E-state index contributed by atoms with van der Waals surface area (Å²) < 4.78 is 0. The lowest BCUT2D eigenvalue weighted by Gasteiger charge is -2.19. The van der Waals surface area contributed by atoms with Crippen LogP contribution in [-0.2, 0) is 0 Å². The molecule has 0 radical (unpaired) electrons. The Kier molecular flexibility index (Phi) is 3.99. The highest BCUT2D eigenvalue weighted by Gasteiger charge is 1.99. The van der Waals surface area contributed by atoms with E-state index in [4.69, 9.17) is 0 Å². The number of anilines is 1. The van der Waals surface area contributed by atoms with E-state index in [0.29, 0.717) is 0 Å². The number of nitrogens with zero attached hydrogens (tertiary/aromatic N) is 1. The lowest BCUT2D eigenvalue weighted by atomic mass is 10.2. The first-order valence-corrected chi connectivity index (χ1v) is 4.90. The third-order valence-electron chi connectivity index (χ3n) is 2.12. The zero-order chi connectivity index (χ0) is 10.4. The van der Waals surface area contributed by atoms with Crippen molar-refractivity contribution < 1.29 is 0 Å². The van der Waals surface area contributed by atoms with Gasteiger partial charge in [0.05, 0.1) is 0 Å². The number of likely N-dealkylation sites (N-methyl/N-ethyl adjacent to an activating group) is 1. The fourth-order valence-electron chi connectivity index (χ4n) is 1.18. The Morgan fingerprint density at radius 3 is 2.57 bits per heavy atom. The molecule has 0 fully saturated rings. The van der Waals surface area contributed by atoms with Crippen molar-refractivity contribution in [3.63, 3.8) is 0 Å². The number of hydrogen-bond donors (Lipinski definition) is 0. The van der Waals surface area contributed by atoms with E-state index in [9.17, 15) is 0 Å². The normalized spacial score (nSPS) is 10.4. The topological polar surface area (TPSA) is 3.24 Å². The van der Waals surface area contributed by atoms with E-state index in [-0.39, 0.29) is 0 Å². The summed E-state index contributed by atoms with van der Waals surface area (Å²) in [6, 6.07) is 10.2. The molecule has 0 spiro atoms. The van der Waals surface area contributed by atoms with E-state index < -0.39 is 0 Å². The lowest BCUT2D eigenvalue weighted by molar-refractivity contribution is 1.13. The smallest absolute Gasteiger partial charge is 0.0407 e. The van der Waals surface area contributed by atoms with Gasteiger partial charge in [-0.05, 0) is 24.6 Å². The number of rotatable bonds is 4. The van der Waals surface area contributed by atoms with Gasteiger partial charge in [-0.3, -0.25) is 0 Å². The largest absolute Gasteiger partial charge is 0.345 e. The maximum Gasteiger partial charge on any atom is 0.0407 e. The van der Waals surface area contributed by atoms with Crippen molar-refractivity contribution in [1.82, 2.24) is 0 Å². The summed E-state index contributed by atoms with van der Waals surface area (Å²) in [5, 5.41) is 0. The zero-order valence-electron chi connectivity index (χ0n) is 8.90. The molecule has 0 aromatic heterocycles. The summed E-state index contributed by atoms with van der Waals surface area (Å²) in [7, 11) is 2.03. The van der Waals surface area contributed by atoms with Gasteiger partial charge in [0, 0.05) is 18.4 Å². The molecule has 0 bridgehead atoms. The lowest BCUT2D eigenvalue weighted by Crippen LogP contribution is -2.13. The second-order valence-electron chi connectivity index (χ2n) is 3.20. The zero-order valence-corrected chi connectivity index (χ0v) is 8.90. The van der Waals surface area contributed by atoms with Crippen LogP contribution in [0.25, 0.3) is 0 Å². The molecule has 0 unspecified atom stereocenters. The minimum atomic E-state index is 1.01. The van der Waals surface area contributed by atoms with Crippen LogP contribution in [0.5, 0.6) is 0 Å². The molecule has 0 saturated carbocycles. The van der Waals surface area contributed by atoms with Crippen molar-refractivity contribution in [1.29, 1.82) is 0 Å². The highest BCUT2D eigenvalue weighted by atomic mass is 15.1. The Morgan fingerprint density at radius 2 is 2.00 bits per heavy atom. The van der Waals surface area contributed by atoms with Gasteiger partial charge in [-0.25, -0.2) is 0 Å². The van der Waals surface area contributed by atoms with Crippen LogP contribution in [-0.4, -0.2) is 7.05 Å². The fraction of sp³-hybridized carbons (Fsp3) is 0.231. The monoisotopic (exact) mass is 187 g/mol. The molecule has 1 nitrogen and oxygen atoms in total. The van der Waals surface area contributed by atoms with Gasteiger partial charge in [-0.15, -0.1) is 0 Å². The molecule has 1 aromatic carbocycles. The molecule has 0 amide bonds. The Labute approximate surface area is 86.4 Å². The second-order valence-corrected chi connectivity index (χ2v) is 3.20. The molecule has 74 valence electrons. The highest BCUT2D eigenvalue weighted by Crippen LogP contribution is 2.15. The van der Waals surface area contributed by atoms with E-state index in [2.05, 4.69) is 36.6 Å². The van der Waals surface area contributed by atoms with Gasteiger partial charge in [0.2, 0.25) is 0 Å². The van der Waals surface area contributed by atoms with Crippen LogP contribution in [0.1, 0.15) is 13.3 Å². The van der Waals surface area contributed by atoms with E-state index in [1.54, 1.807) is 0 Å². The van der Waals surface area contributed by atoms with Gasteiger partial charge >= 0.3 is 0 Å². The van der Waals surface area contributed by atoms with Crippen molar-refractivity contribution in [3.05, 3.63) is 54.8 Å². The molecule has 0 aliphatic carbocycles. The van der Waals surface area contributed by atoms with E-state index in [1.165, 1.54) is 5.69 Å². The maximum absolute atomic E-state index is 4.01. The summed E-state index contributed by atoms with van der Waals surface area (Å²) in [6.45, 7) is 6.12. The van der Waals surface area contributed by atoms with Crippen molar-refractivity contribution in [3.8, 4) is 0 Å². The summed E-state index contributed by atoms with van der Waals surface area (Å²) in [5.74, 6) is 0. The predicted molar refractivity (Wildman–Crippen MR) is 63.4 cm³/mol. The average Bonchev–Trinajstić information content (AvgIpc) is 2.26. The quantitative estimate of drug-likeness (QED) is 0.651. The molecular formula is C13H17N. The van der Waals surface area contributed by atoms with Crippen molar-refractivity contribution in [2.75, 3.05) is 11.9 Å². The van der Waals surface area contributed by atoms with Crippen LogP contribution in [0.3, 0.4) is 0 Å². The summed E-state index contributed by atoms with van der Waals surface area (Å²) >= 11 is 0. The van der Waals surface area contributed by atoms with Gasteiger partial charge in [0.25, 0.3) is 0 Å². The SMILES string of the molecule is C=C(/C=C\CC)N(C)c1ccccc1. The third-order valence-corrected chi connectivity index (χ3v) is 2.12. The molecule has 0 saturated heterocycles.